The van der Waals surface area contributed by atoms with E-state index < -0.39 is 15.9 Å². The van der Waals surface area contributed by atoms with Crippen LogP contribution in [0.5, 0.6) is 0 Å². The number of nitrogens with zero attached hydrogens (tertiary/aromatic N) is 1. The first-order valence-electron chi connectivity index (χ1n) is 6.36. The number of nitrogens with one attached hydrogen (secondary N) is 3. The summed E-state index contributed by atoms with van der Waals surface area (Å²) in [4.78, 5) is 21.9. The molecule has 118 valence electrons. The molecule has 9 heteroatoms. The normalized spacial score (nSPS) is 10.5. The number of hydrogen-bond donors (Lipinski definition) is 3. The minimum atomic E-state index is -3.69. The van der Waals surface area contributed by atoms with Crippen molar-refractivity contribution in [3.63, 3.8) is 0 Å². The summed E-state index contributed by atoms with van der Waals surface area (Å²) in [5.41, 5.74) is 0.496. The summed E-state index contributed by atoms with van der Waals surface area (Å²) in [6.07, 6.45) is -0.267. The van der Waals surface area contributed by atoms with Gasteiger partial charge in [0.15, 0.2) is 0 Å². The number of amides is 2. The van der Waals surface area contributed by atoms with Gasteiger partial charge < -0.3 is 10.6 Å². The van der Waals surface area contributed by atoms with Gasteiger partial charge in [-0.25, -0.2) is 13.1 Å². The van der Waals surface area contributed by atoms with E-state index in [1.54, 1.807) is 6.07 Å². The average molecular weight is 324 g/mol. The molecule has 0 aliphatic carbocycles. The van der Waals surface area contributed by atoms with E-state index in [4.69, 9.17) is 5.26 Å². The Bertz CT molecular complexity index is 677. The van der Waals surface area contributed by atoms with Crippen molar-refractivity contribution in [1.29, 1.82) is 5.26 Å². The van der Waals surface area contributed by atoms with Gasteiger partial charge in [-0.3, -0.25) is 9.59 Å². The fourth-order valence-electron chi connectivity index (χ4n) is 1.53. The zero-order valence-corrected chi connectivity index (χ0v) is 12.7. The first-order chi connectivity index (χ1) is 10.3. The Kier molecular flexibility index (Phi) is 6.49. The smallest absolute Gasteiger partial charge is 0.240 e. The van der Waals surface area contributed by atoms with E-state index in [1.165, 1.54) is 31.2 Å². The molecule has 0 aliphatic rings. The third kappa shape index (κ3) is 5.90. The van der Waals surface area contributed by atoms with Crippen LogP contribution in [0.25, 0.3) is 0 Å². The van der Waals surface area contributed by atoms with Crippen molar-refractivity contribution in [3.05, 3.63) is 24.3 Å². The Morgan fingerprint density at radius 1 is 1.18 bits per heavy atom. The van der Waals surface area contributed by atoms with E-state index >= 15 is 0 Å². The molecular weight excluding hydrogens is 308 g/mol. The molecule has 0 heterocycles. The van der Waals surface area contributed by atoms with Crippen molar-refractivity contribution in [1.82, 2.24) is 10.0 Å². The van der Waals surface area contributed by atoms with Crippen LogP contribution in [0.15, 0.2) is 29.2 Å². The average Bonchev–Trinajstić information content (AvgIpc) is 2.44. The molecule has 0 saturated heterocycles. The van der Waals surface area contributed by atoms with Crippen molar-refractivity contribution < 1.29 is 18.0 Å². The third-order valence-corrected chi connectivity index (χ3v) is 3.94. The molecule has 0 unspecified atom stereocenters. The maximum atomic E-state index is 12.0. The van der Waals surface area contributed by atoms with Crippen molar-refractivity contribution in [2.45, 2.75) is 18.2 Å². The van der Waals surface area contributed by atoms with Gasteiger partial charge in [-0.15, -0.1) is 0 Å². The molecule has 3 N–H and O–H groups in total. The van der Waals surface area contributed by atoms with Crippen molar-refractivity contribution in [2.75, 3.05) is 18.4 Å². The number of carbonyl (C=O) groups is 2. The van der Waals surface area contributed by atoms with Gasteiger partial charge in [0.1, 0.15) is 6.42 Å². The highest BCUT2D eigenvalue weighted by Crippen LogP contribution is 2.13. The highest BCUT2D eigenvalue weighted by Gasteiger charge is 2.13. The number of benzene rings is 1. The maximum absolute atomic E-state index is 12.0. The molecule has 22 heavy (non-hydrogen) atoms. The summed E-state index contributed by atoms with van der Waals surface area (Å²) in [5.74, 6) is -0.705. The predicted octanol–water partition coefficient (Wildman–Crippen LogP) is -0.0468. The quantitative estimate of drug-likeness (QED) is 0.606. The monoisotopic (exact) mass is 324 g/mol. The van der Waals surface area contributed by atoms with Gasteiger partial charge in [-0.05, 0) is 24.3 Å². The van der Waals surface area contributed by atoms with Gasteiger partial charge in [0, 0.05) is 25.7 Å². The molecule has 0 radical (unpaired) electrons. The van der Waals surface area contributed by atoms with Gasteiger partial charge in [-0.1, -0.05) is 0 Å². The lowest BCUT2D eigenvalue weighted by molar-refractivity contribution is -0.120. The van der Waals surface area contributed by atoms with Gasteiger partial charge in [0.05, 0.1) is 11.0 Å². The summed E-state index contributed by atoms with van der Waals surface area (Å²) in [6.45, 7) is 1.45. The first kappa shape index (κ1) is 17.6. The molecule has 0 saturated carbocycles. The number of anilines is 1. The third-order valence-electron chi connectivity index (χ3n) is 2.46. The fourth-order valence-corrected chi connectivity index (χ4v) is 2.56. The van der Waals surface area contributed by atoms with E-state index in [0.29, 0.717) is 5.69 Å². The Morgan fingerprint density at radius 3 is 2.36 bits per heavy atom. The van der Waals surface area contributed by atoms with Crippen molar-refractivity contribution in [2.24, 2.45) is 0 Å². The molecule has 1 aromatic rings. The van der Waals surface area contributed by atoms with Crippen LogP contribution >= 0.6 is 0 Å². The largest absolute Gasteiger partial charge is 0.354 e. The van der Waals surface area contributed by atoms with E-state index in [0.717, 1.165) is 0 Å². The Balaban J connectivity index is 2.54. The van der Waals surface area contributed by atoms with Crippen LogP contribution in [0.4, 0.5) is 5.69 Å². The molecule has 1 rings (SSSR count). The zero-order valence-electron chi connectivity index (χ0n) is 11.9. The van der Waals surface area contributed by atoms with Gasteiger partial charge in [-0.2, -0.15) is 5.26 Å². The standard InChI is InChI=1S/C13H16N4O4S/c1-10(18)17-11-2-4-12(5-3-11)22(20,21)16-9-8-15-13(19)6-7-14/h2-5,16H,6,8-9H2,1H3,(H,15,19)(H,17,18). The van der Waals surface area contributed by atoms with Crippen LogP contribution in [0.3, 0.4) is 0 Å². The molecule has 0 aliphatic heterocycles. The summed E-state index contributed by atoms with van der Waals surface area (Å²) >= 11 is 0. The highest BCUT2D eigenvalue weighted by molar-refractivity contribution is 7.89. The summed E-state index contributed by atoms with van der Waals surface area (Å²) in [7, 11) is -3.69. The van der Waals surface area contributed by atoms with E-state index in [9.17, 15) is 18.0 Å². The Hall–Kier alpha value is -2.44. The van der Waals surface area contributed by atoms with Gasteiger partial charge >= 0.3 is 0 Å². The SMILES string of the molecule is CC(=O)Nc1ccc(S(=O)(=O)NCCNC(=O)CC#N)cc1. The number of nitriles is 1. The second-order valence-electron chi connectivity index (χ2n) is 4.29. The predicted molar refractivity (Wildman–Crippen MR) is 79.2 cm³/mol. The Labute approximate surface area is 128 Å². The van der Waals surface area contributed by atoms with Crippen LogP contribution in [0, 0.1) is 11.3 Å². The highest BCUT2D eigenvalue weighted by atomic mass is 32.2. The lowest BCUT2D eigenvalue weighted by atomic mass is 10.3. The topological polar surface area (TPSA) is 128 Å². The molecule has 0 atom stereocenters. The molecular formula is C13H16N4O4S. The molecule has 0 bridgehead atoms. The summed E-state index contributed by atoms with van der Waals surface area (Å²) in [5, 5.41) is 13.2. The first-order valence-corrected chi connectivity index (χ1v) is 7.84. The van der Waals surface area contributed by atoms with Crippen LogP contribution in [-0.4, -0.2) is 33.3 Å². The number of hydrogen-bond acceptors (Lipinski definition) is 5. The van der Waals surface area contributed by atoms with Gasteiger partial charge in [0.2, 0.25) is 21.8 Å². The summed E-state index contributed by atoms with van der Waals surface area (Å²) in [6, 6.07) is 7.37. The molecule has 8 nitrogen and oxygen atoms in total. The molecule has 0 aromatic heterocycles. The minimum Gasteiger partial charge on any atom is -0.354 e. The van der Waals surface area contributed by atoms with Crippen LogP contribution in [0.2, 0.25) is 0 Å². The summed E-state index contributed by atoms with van der Waals surface area (Å²) < 4.78 is 26.3. The Morgan fingerprint density at radius 2 is 1.82 bits per heavy atom. The van der Waals surface area contributed by atoms with Gasteiger partial charge in [0.25, 0.3) is 0 Å². The van der Waals surface area contributed by atoms with Crippen LogP contribution in [-0.2, 0) is 19.6 Å². The van der Waals surface area contributed by atoms with Crippen molar-refractivity contribution in [3.8, 4) is 6.07 Å². The lowest BCUT2D eigenvalue weighted by Crippen LogP contribution is -2.34. The van der Waals surface area contributed by atoms with Crippen LogP contribution in [0.1, 0.15) is 13.3 Å². The van der Waals surface area contributed by atoms with E-state index in [1.807, 2.05) is 0 Å². The second-order valence-corrected chi connectivity index (χ2v) is 6.06. The number of rotatable bonds is 7. The molecule has 0 fully saturated rings. The second kappa shape index (κ2) is 8.11. The molecule has 0 spiro atoms. The van der Waals surface area contributed by atoms with Crippen LogP contribution < -0.4 is 15.4 Å². The molecule has 1 aromatic carbocycles. The number of sulfonamides is 1. The van der Waals surface area contributed by atoms with Crippen molar-refractivity contribution >= 4 is 27.5 Å². The fraction of sp³-hybridized carbons (Fsp3) is 0.308. The van der Waals surface area contributed by atoms with E-state index in [2.05, 4.69) is 15.4 Å². The molecule has 2 amide bonds. The number of carbonyl (C=O) groups excluding carboxylic acids is 2. The lowest BCUT2D eigenvalue weighted by Gasteiger charge is -2.08. The minimum absolute atomic E-state index is 0.00689. The maximum Gasteiger partial charge on any atom is 0.240 e. The van der Waals surface area contributed by atoms with E-state index in [-0.39, 0.29) is 30.3 Å². The zero-order chi connectivity index (χ0) is 16.6.